The van der Waals surface area contributed by atoms with Crippen molar-refractivity contribution in [3.05, 3.63) is 58.6 Å². The molecule has 1 aliphatic heterocycles. The third kappa shape index (κ3) is 4.77. The van der Waals surface area contributed by atoms with Gasteiger partial charge < -0.3 is 9.64 Å². The molecule has 8 heteroatoms. The molecule has 7 nitrogen and oxygen atoms in total. The number of benzene rings is 2. The average molecular weight is 390 g/mol. The van der Waals surface area contributed by atoms with Crippen LogP contribution >= 0.6 is 0 Å². The minimum atomic E-state index is -3.50. The molecule has 2 aromatic rings. The van der Waals surface area contributed by atoms with Crippen LogP contribution < -0.4 is 9.64 Å². The van der Waals surface area contributed by atoms with Gasteiger partial charge in [0.15, 0.2) is 9.84 Å². The van der Waals surface area contributed by atoms with E-state index in [1.165, 1.54) is 12.1 Å². The number of hydrogen-bond donors (Lipinski definition) is 0. The monoisotopic (exact) mass is 390 g/mol. The first-order valence-corrected chi connectivity index (χ1v) is 10.6. The molecule has 0 bridgehead atoms. The summed E-state index contributed by atoms with van der Waals surface area (Å²) in [4.78, 5) is 12.9. The van der Waals surface area contributed by atoms with Crippen LogP contribution in [0.3, 0.4) is 0 Å². The number of nitro benzene ring substituents is 1. The van der Waals surface area contributed by atoms with Crippen molar-refractivity contribution in [3.8, 4) is 5.75 Å². The SMILES string of the molecule is CS(=O)(=O)c1ccc(N2CCCC(COc3ccccc3)C2)c([N+](=O)[O-])c1. The summed E-state index contributed by atoms with van der Waals surface area (Å²) in [6, 6.07) is 13.7. The Labute approximate surface area is 158 Å². The number of ether oxygens (including phenoxy) is 1. The molecule has 1 saturated heterocycles. The topological polar surface area (TPSA) is 89.8 Å². The molecule has 0 amide bonds. The highest BCUT2D eigenvalue weighted by molar-refractivity contribution is 7.90. The Kier molecular flexibility index (Phi) is 5.65. The Morgan fingerprint density at radius 3 is 2.63 bits per heavy atom. The van der Waals surface area contributed by atoms with Gasteiger partial charge in [0.1, 0.15) is 11.4 Å². The third-order valence-corrected chi connectivity index (χ3v) is 5.77. The summed E-state index contributed by atoms with van der Waals surface area (Å²) in [7, 11) is -3.50. The van der Waals surface area contributed by atoms with Crippen LogP contribution in [0.4, 0.5) is 11.4 Å². The maximum Gasteiger partial charge on any atom is 0.293 e. The van der Waals surface area contributed by atoms with Gasteiger partial charge in [0.25, 0.3) is 5.69 Å². The summed E-state index contributed by atoms with van der Waals surface area (Å²) < 4.78 is 29.3. The Balaban J connectivity index is 1.76. The zero-order chi connectivity index (χ0) is 19.4. The van der Waals surface area contributed by atoms with Gasteiger partial charge in [-0.15, -0.1) is 0 Å². The molecule has 144 valence electrons. The third-order valence-electron chi connectivity index (χ3n) is 4.66. The van der Waals surface area contributed by atoms with Crippen LogP contribution in [0.5, 0.6) is 5.75 Å². The van der Waals surface area contributed by atoms with Crippen LogP contribution in [0, 0.1) is 16.0 Å². The van der Waals surface area contributed by atoms with Crippen molar-refractivity contribution in [1.82, 2.24) is 0 Å². The number of nitro groups is 1. The smallest absolute Gasteiger partial charge is 0.293 e. The molecule has 0 aromatic heterocycles. The molecule has 0 spiro atoms. The number of anilines is 1. The lowest BCUT2D eigenvalue weighted by Gasteiger charge is -2.34. The van der Waals surface area contributed by atoms with E-state index in [4.69, 9.17) is 4.74 Å². The van der Waals surface area contributed by atoms with Crippen molar-refractivity contribution in [1.29, 1.82) is 0 Å². The van der Waals surface area contributed by atoms with Gasteiger partial charge in [-0.25, -0.2) is 8.42 Å². The molecular weight excluding hydrogens is 368 g/mol. The Morgan fingerprint density at radius 1 is 1.22 bits per heavy atom. The second kappa shape index (κ2) is 7.96. The first-order valence-electron chi connectivity index (χ1n) is 8.76. The van der Waals surface area contributed by atoms with Gasteiger partial charge in [0.2, 0.25) is 0 Å². The second-order valence-corrected chi connectivity index (χ2v) is 8.77. The standard InChI is InChI=1S/C19H22N2O5S/c1-27(24,25)17-9-10-18(19(12-17)21(22)23)20-11-5-6-15(13-20)14-26-16-7-3-2-4-8-16/h2-4,7-10,12,15H,5-6,11,13-14H2,1H3. The van der Waals surface area contributed by atoms with Crippen LogP contribution in [0.15, 0.2) is 53.4 Å². The van der Waals surface area contributed by atoms with Crippen molar-refractivity contribution >= 4 is 21.2 Å². The van der Waals surface area contributed by atoms with Gasteiger partial charge in [-0.3, -0.25) is 10.1 Å². The van der Waals surface area contributed by atoms with Crippen molar-refractivity contribution in [3.63, 3.8) is 0 Å². The van der Waals surface area contributed by atoms with Gasteiger partial charge in [-0.1, -0.05) is 18.2 Å². The summed E-state index contributed by atoms with van der Waals surface area (Å²) in [6.07, 6.45) is 2.93. The van der Waals surface area contributed by atoms with E-state index in [2.05, 4.69) is 0 Å². The fraction of sp³-hybridized carbons (Fsp3) is 0.368. The van der Waals surface area contributed by atoms with Gasteiger partial charge >= 0.3 is 0 Å². The van der Waals surface area contributed by atoms with Gasteiger partial charge in [0.05, 0.1) is 16.4 Å². The largest absolute Gasteiger partial charge is 0.493 e. The molecule has 0 N–H and O–H groups in total. The number of para-hydroxylation sites is 1. The Bertz CT molecular complexity index is 915. The quantitative estimate of drug-likeness (QED) is 0.555. The highest BCUT2D eigenvalue weighted by atomic mass is 32.2. The van der Waals surface area contributed by atoms with E-state index in [1.54, 1.807) is 0 Å². The number of sulfone groups is 1. The second-order valence-electron chi connectivity index (χ2n) is 6.76. The molecule has 1 aliphatic rings. The fourth-order valence-electron chi connectivity index (χ4n) is 3.30. The molecule has 2 aromatic carbocycles. The van der Waals surface area contributed by atoms with E-state index in [9.17, 15) is 18.5 Å². The van der Waals surface area contributed by atoms with E-state index in [-0.39, 0.29) is 16.5 Å². The predicted molar refractivity (Wildman–Crippen MR) is 103 cm³/mol. The number of hydrogen-bond acceptors (Lipinski definition) is 6. The predicted octanol–water partition coefficient (Wildman–Crippen LogP) is 3.29. The zero-order valence-electron chi connectivity index (χ0n) is 15.1. The highest BCUT2D eigenvalue weighted by Crippen LogP contribution is 2.33. The van der Waals surface area contributed by atoms with Crippen LogP contribution in [0.25, 0.3) is 0 Å². The Hall–Kier alpha value is -2.61. The first-order chi connectivity index (χ1) is 12.8. The lowest BCUT2D eigenvalue weighted by Crippen LogP contribution is -2.38. The van der Waals surface area contributed by atoms with E-state index in [1.807, 2.05) is 35.2 Å². The molecule has 0 aliphatic carbocycles. The molecule has 1 heterocycles. The van der Waals surface area contributed by atoms with E-state index in [0.29, 0.717) is 25.4 Å². The van der Waals surface area contributed by atoms with Crippen LogP contribution in [-0.4, -0.2) is 39.3 Å². The first kappa shape index (κ1) is 19.2. The normalized spacial score (nSPS) is 17.5. The minimum Gasteiger partial charge on any atom is -0.493 e. The van der Waals surface area contributed by atoms with Gasteiger partial charge in [0, 0.05) is 31.3 Å². The van der Waals surface area contributed by atoms with E-state index < -0.39 is 14.8 Å². The summed E-state index contributed by atoms with van der Waals surface area (Å²) in [5, 5.41) is 11.5. The minimum absolute atomic E-state index is 0.0427. The van der Waals surface area contributed by atoms with E-state index >= 15 is 0 Å². The van der Waals surface area contributed by atoms with Crippen LogP contribution in [0.1, 0.15) is 12.8 Å². The van der Waals surface area contributed by atoms with Gasteiger partial charge in [-0.05, 0) is 37.1 Å². The number of nitrogens with zero attached hydrogens (tertiary/aromatic N) is 2. The highest BCUT2D eigenvalue weighted by Gasteiger charge is 2.27. The number of piperidine rings is 1. The van der Waals surface area contributed by atoms with Crippen molar-refractivity contribution in [2.75, 3.05) is 30.9 Å². The summed E-state index contributed by atoms with van der Waals surface area (Å²) in [5.74, 6) is 1.05. The zero-order valence-corrected chi connectivity index (χ0v) is 15.9. The van der Waals surface area contributed by atoms with Crippen molar-refractivity contribution < 1.29 is 18.1 Å². The van der Waals surface area contributed by atoms with Crippen molar-refractivity contribution in [2.24, 2.45) is 5.92 Å². The average Bonchev–Trinajstić information content (AvgIpc) is 2.66. The summed E-state index contributed by atoms with van der Waals surface area (Å²) >= 11 is 0. The lowest BCUT2D eigenvalue weighted by atomic mass is 9.98. The molecule has 3 rings (SSSR count). The maximum atomic E-state index is 11.7. The molecule has 1 fully saturated rings. The molecule has 1 atom stereocenters. The molecule has 0 radical (unpaired) electrons. The molecular formula is C19H22N2O5S. The Morgan fingerprint density at radius 2 is 1.96 bits per heavy atom. The summed E-state index contributed by atoms with van der Waals surface area (Å²) in [6.45, 7) is 1.86. The summed E-state index contributed by atoms with van der Waals surface area (Å²) in [5.41, 5.74) is 0.277. The molecule has 27 heavy (non-hydrogen) atoms. The van der Waals surface area contributed by atoms with E-state index in [0.717, 1.165) is 30.9 Å². The molecule has 0 saturated carbocycles. The van der Waals surface area contributed by atoms with Crippen LogP contribution in [0.2, 0.25) is 0 Å². The fourth-order valence-corrected chi connectivity index (χ4v) is 3.94. The lowest BCUT2D eigenvalue weighted by molar-refractivity contribution is -0.384. The van der Waals surface area contributed by atoms with Crippen LogP contribution in [-0.2, 0) is 9.84 Å². The molecule has 1 unspecified atom stereocenters. The number of rotatable bonds is 6. The van der Waals surface area contributed by atoms with Crippen molar-refractivity contribution in [2.45, 2.75) is 17.7 Å². The maximum absolute atomic E-state index is 11.7. The van der Waals surface area contributed by atoms with Gasteiger partial charge in [-0.2, -0.15) is 0 Å².